The van der Waals surface area contributed by atoms with Crippen molar-refractivity contribution in [2.24, 2.45) is 11.1 Å². The van der Waals surface area contributed by atoms with Gasteiger partial charge >= 0.3 is 0 Å². The monoisotopic (exact) mass is 254 g/mol. The summed E-state index contributed by atoms with van der Waals surface area (Å²) in [6.07, 6.45) is 0.795. The number of carbonyl (C=O) groups excluding carboxylic acids is 1. The van der Waals surface area contributed by atoms with E-state index < -0.39 is 5.41 Å². The maximum absolute atomic E-state index is 11.3. The van der Waals surface area contributed by atoms with Gasteiger partial charge < -0.3 is 5.73 Å². The van der Waals surface area contributed by atoms with Crippen molar-refractivity contribution in [2.45, 2.75) is 19.9 Å². The van der Waals surface area contributed by atoms with Gasteiger partial charge in [-0.3, -0.25) is 9.69 Å². The van der Waals surface area contributed by atoms with Crippen LogP contribution in [0.2, 0.25) is 5.15 Å². The van der Waals surface area contributed by atoms with Crippen LogP contribution in [0.25, 0.3) is 0 Å². The first-order valence-corrected chi connectivity index (χ1v) is 5.88. The lowest BCUT2D eigenvalue weighted by atomic mass is 9.89. The molecular formula is C11H15ClN4O. The molecule has 1 atom stereocenters. The topological polar surface area (TPSA) is 72.1 Å². The second-order valence-corrected chi connectivity index (χ2v) is 5.12. The number of halogens is 1. The third kappa shape index (κ3) is 2.73. The van der Waals surface area contributed by atoms with Crippen molar-refractivity contribution in [3.05, 3.63) is 23.0 Å². The molecule has 0 aromatic carbocycles. The number of primary amides is 1. The van der Waals surface area contributed by atoms with Gasteiger partial charge in [-0.2, -0.15) is 5.10 Å². The van der Waals surface area contributed by atoms with Crippen LogP contribution in [0.5, 0.6) is 0 Å². The summed E-state index contributed by atoms with van der Waals surface area (Å²) in [4.78, 5) is 13.5. The van der Waals surface area contributed by atoms with E-state index in [1.165, 1.54) is 0 Å². The Morgan fingerprint density at radius 3 is 2.88 bits per heavy atom. The Morgan fingerprint density at radius 1 is 1.59 bits per heavy atom. The maximum Gasteiger partial charge on any atom is 0.224 e. The largest absolute Gasteiger partial charge is 0.369 e. The number of hydrogen-bond donors (Lipinski definition) is 1. The van der Waals surface area contributed by atoms with E-state index in [4.69, 9.17) is 17.3 Å². The second-order valence-electron chi connectivity index (χ2n) is 4.73. The van der Waals surface area contributed by atoms with Gasteiger partial charge in [0.15, 0.2) is 5.15 Å². The lowest BCUT2D eigenvalue weighted by Crippen LogP contribution is -2.37. The zero-order valence-corrected chi connectivity index (χ0v) is 10.4. The summed E-state index contributed by atoms with van der Waals surface area (Å²) < 4.78 is 0. The number of carbonyl (C=O) groups is 1. The number of nitrogens with two attached hydrogens (primary N) is 1. The van der Waals surface area contributed by atoms with Crippen molar-refractivity contribution in [3.8, 4) is 0 Å². The van der Waals surface area contributed by atoms with Crippen molar-refractivity contribution in [1.29, 1.82) is 0 Å². The lowest BCUT2D eigenvalue weighted by Gasteiger charge is -2.20. The van der Waals surface area contributed by atoms with Gasteiger partial charge in [-0.25, -0.2) is 0 Å². The Morgan fingerprint density at radius 2 is 2.35 bits per heavy atom. The molecule has 17 heavy (non-hydrogen) atoms. The Kier molecular flexibility index (Phi) is 3.31. The Labute approximate surface area is 105 Å². The Bertz CT molecular complexity index is 422. The first kappa shape index (κ1) is 12.3. The molecule has 0 bridgehead atoms. The second kappa shape index (κ2) is 4.58. The molecule has 2 rings (SSSR count). The minimum Gasteiger partial charge on any atom is -0.369 e. The maximum atomic E-state index is 11.3. The van der Waals surface area contributed by atoms with Crippen LogP contribution in [0.1, 0.15) is 19.0 Å². The van der Waals surface area contributed by atoms with Crippen molar-refractivity contribution >= 4 is 17.5 Å². The van der Waals surface area contributed by atoms with E-state index in [0.29, 0.717) is 18.2 Å². The predicted molar refractivity (Wildman–Crippen MR) is 64.2 cm³/mol. The van der Waals surface area contributed by atoms with Crippen LogP contribution in [0.4, 0.5) is 0 Å². The molecular weight excluding hydrogens is 240 g/mol. The standard InChI is InChI=1S/C11H15ClN4O/c1-11(10(13)17)4-5-16(7-11)6-8-2-3-9(12)15-14-8/h2-3H,4-7H2,1H3,(H2,13,17). The highest BCUT2D eigenvalue weighted by atomic mass is 35.5. The summed E-state index contributed by atoms with van der Waals surface area (Å²) in [5.74, 6) is -0.234. The highest BCUT2D eigenvalue weighted by molar-refractivity contribution is 6.29. The fourth-order valence-corrected chi connectivity index (χ4v) is 2.15. The molecule has 1 unspecified atom stereocenters. The average Bonchev–Trinajstić information content (AvgIpc) is 2.65. The molecule has 1 aliphatic rings. The molecule has 1 aromatic rings. The van der Waals surface area contributed by atoms with Crippen molar-refractivity contribution in [3.63, 3.8) is 0 Å². The van der Waals surface area contributed by atoms with Crippen LogP contribution in [-0.2, 0) is 11.3 Å². The Balaban J connectivity index is 1.98. The average molecular weight is 255 g/mol. The molecule has 0 aliphatic carbocycles. The number of likely N-dealkylation sites (tertiary alicyclic amines) is 1. The highest BCUT2D eigenvalue weighted by Crippen LogP contribution is 2.30. The SMILES string of the molecule is CC1(C(N)=O)CCN(Cc2ccc(Cl)nn2)C1. The number of amides is 1. The van der Waals surface area contributed by atoms with E-state index in [9.17, 15) is 4.79 Å². The van der Waals surface area contributed by atoms with Gasteiger partial charge in [0.2, 0.25) is 5.91 Å². The zero-order valence-electron chi connectivity index (χ0n) is 9.69. The first-order valence-electron chi connectivity index (χ1n) is 5.50. The number of hydrogen-bond acceptors (Lipinski definition) is 4. The van der Waals surface area contributed by atoms with Gasteiger partial charge in [0, 0.05) is 13.1 Å². The van der Waals surface area contributed by atoms with Gasteiger partial charge in [0.1, 0.15) is 0 Å². The zero-order chi connectivity index (χ0) is 12.5. The van der Waals surface area contributed by atoms with Crippen LogP contribution in [-0.4, -0.2) is 34.1 Å². The van der Waals surface area contributed by atoms with Gasteiger partial charge in [0.25, 0.3) is 0 Å². The summed E-state index contributed by atoms with van der Waals surface area (Å²) >= 11 is 5.67. The number of nitrogens with zero attached hydrogens (tertiary/aromatic N) is 3. The molecule has 6 heteroatoms. The van der Waals surface area contributed by atoms with E-state index >= 15 is 0 Å². The van der Waals surface area contributed by atoms with Gasteiger partial charge in [-0.1, -0.05) is 11.6 Å². The molecule has 1 amide bonds. The smallest absolute Gasteiger partial charge is 0.224 e. The first-order chi connectivity index (χ1) is 7.99. The molecule has 0 spiro atoms. The van der Waals surface area contributed by atoms with E-state index in [1.54, 1.807) is 6.07 Å². The van der Waals surface area contributed by atoms with Crippen LogP contribution >= 0.6 is 11.6 Å². The van der Waals surface area contributed by atoms with E-state index in [-0.39, 0.29) is 5.91 Å². The third-order valence-corrected chi connectivity index (χ3v) is 3.42. The number of rotatable bonds is 3. The molecule has 1 fully saturated rings. The van der Waals surface area contributed by atoms with Crippen LogP contribution in [0.3, 0.4) is 0 Å². The predicted octanol–water partition coefficient (Wildman–Crippen LogP) is 0.827. The van der Waals surface area contributed by atoms with Gasteiger partial charge in [-0.15, -0.1) is 5.10 Å². The van der Waals surface area contributed by atoms with Crippen molar-refractivity contribution < 1.29 is 4.79 Å². The Hall–Kier alpha value is -1.20. The molecule has 5 nitrogen and oxygen atoms in total. The number of aromatic nitrogens is 2. The van der Waals surface area contributed by atoms with Crippen LogP contribution in [0, 0.1) is 5.41 Å². The summed E-state index contributed by atoms with van der Waals surface area (Å²) in [7, 11) is 0. The van der Waals surface area contributed by atoms with E-state index in [1.807, 2.05) is 13.0 Å². The summed E-state index contributed by atoms with van der Waals surface area (Å²) in [5, 5.41) is 8.17. The normalized spacial score (nSPS) is 25.1. The van der Waals surface area contributed by atoms with Crippen molar-refractivity contribution in [2.75, 3.05) is 13.1 Å². The van der Waals surface area contributed by atoms with Crippen molar-refractivity contribution in [1.82, 2.24) is 15.1 Å². The van der Waals surface area contributed by atoms with Crippen LogP contribution in [0.15, 0.2) is 12.1 Å². The fourth-order valence-electron chi connectivity index (χ4n) is 2.05. The van der Waals surface area contributed by atoms with E-state index in [2.05, 4.69) is 15.1 Å². The summed E-state index contributed by atoms with van der Waals surface area (Å²) in [5.41, 5.74) is 5.83. The van der Waals surface area contributed by atoms with Gasteiger partial charge in [-0.05, 0) is 32.0 Å². The highest BCUT2D eigenvalue weighted by Gasteiger charge is 2.38. The fraction of sp³-hybridized carbons (Fsp3) is 0.545. The molecule has 2 N–H and O–H groups in total. The lowest BCUT2D eigenvalue weighted by molar-refractivity contribution is -0.126. The molecule has 92 valence electrons. The van der Waals surface area contributed by atoms with Gasteiger partial charge in [0.05, 0.1) is 11.1 Å². The molecule has 2 heterocycles. The summed E-state index contributed by atoms with van der Waals surface area (Å²) in [6.45, 7) is 4.10. The third-order valence-electron chi connectivity index (χ3n) is 3.22. The molecule has 1 aromatic heterocycles. The van der Waals surface area contributed by atoms with E-state index in [0.717, 1.165) is 18.7 Å². The molecule has 0 saturated carbocycles. The summed E-state index contributed by atoms with van der Waals surface area (Å²) in [6, 6.07) is 3.56. The quantitative estimate of drug-likeness (QED) is 0.867. The molecule has 1 aliphatic heterocycles. The molecule has 0 radical (unpaired) electrons. The minimum absolute atomic E-state index is 0.234. The minimum atomic E-state index is -0.417. The molecule has 1 saturated heterocycles. The van der Waals surface area contributed by atoms with Crippen LogP contribution < -0.4 is 5.73 Å².